The molecule has 4 fully saturated rings. The first-order valence-electron chi connectivity index (χ1n) is 11.1. The molecule has 5 rings (SSSR count). The molecule has 1 aliphatic heterocycles. The summed E-state index contributed by atoms with van der Waals surface area (Å²) in [6.07, 6.45) is 4.81. The number of hydrogen-bond acceptors (Lipinski definition) is 5. The Balaban J connectivity index is 1.59. The van der Waals surface area contributed by atoms with Crippen LogP contribution in [0.15, 0.2) is 11.6 Å². The number of carboxylic acid groups (broad SMARTS) is 2. The van der Waals surface area contributed by atoms with Crippen LogP contribution in [0.2, 0.25) is 0 Å². The Labute approximate surface area is 175 Å². The van der Waals surface area contributed by atoms with Crippen molar-refractivity contribution in [2.75, 3.05) is 0 Å². The molecule has 3 saturated carbocycles. The normalized spacial score (nSPS) is 51.2. The van der Waals surface area contributed by atoms with E-state index in [1.165, 1.54) is 0 Å². The van der Waals surface area contributed by atoms with Crippen LogP contribution >= 0.6 is 0 Å². The third kappa shape index (κ3) is 2.25. The van der Waals surface area contributed by atoms with Crippen LogP contribution in [0.1, 0.15) is 65.2 Å². The van der Waals surface area contributed by atoms with Crippen molar-refractivity contribution in [1.82, 2.24) is 0 Å². The van der Waals surface area contributed by atoms with Crippen molar-refractivity contribution in [2.24, 2.45) is 28.6 Å². The second kappa shape index (κ2) is 5.94. The molecule has 3 N–H and O–H groups in total. The Bertz CT molecular complexity index is 879. The van der Waals surface area contributed by atoms with Gasteiger partial charge < -0.3 is 20.1 Å². The number of ether oxygens (including phenoxy) is 1. The topological polar surface area (TPSA) is 124 Å². The van der Waals surface area contributed by atoms with E-state index < -0.39 is 34.5 Å². The largest absolute Gasteiger partial charge is 0.481 e. The smallest absolute Gasteiger partial charge is 0.307 e. The first-order chi connectivity index (χ1) is 14.0. The molecule has 7 nitrogen and oxygen atoms in total. The second-order valence-electron chi connectivity index (χ2n) is 10.7. The third-order valence-corrected chi connectivity index (χ3v) is 9.77. The molecule has 0 amide bonds. The maximum atomic E-state index is 12.4. The van der Waals surface area contributed by atoms with Crippen LogP contribution in [0, 0.1) is 28.6 Å². The van der Waals surface area contributed by atoms with Crippen LogP contribution in [-0.2, 0) is 19.1 Å². The summed E-state index contributed by atoms with van der Waals surface area (Å²) in [6, 6.07) is 0. The molecule has 0 aromatic heterocycles. The van der Waals surface area contributed by atoms with E-state index in [4.69, 9.17) is 9.84 Å². The van der Waals surface area contributed by atoms with Gasteiger partial charge >= 0.3 is 11.9 Å². The van der Waals surface area contributed by atoms with Crippen molar-refractivity contribution in [3.63, 3.8) is 0 Å². The van der Waals surface area contributed by atoms with Crippen LogP contribution in [0.4, 0.5) is 0 Å². The van der Waals surface area contributed by atoms with E-state index in [-0.39, 0.29) is 42.0 Å². The molecule has 0 aromatic rings. The minimum atomic E-state index is -1.13. The molecule has 1 spiro atoms. The lowest BCUT2D eigenvalue weighted by atomic mass is 9.43. The summed E-state index contributed by atoms with van der Waals surface area (Å²) >= 11 is 0. The van der Waals surface area contributed by atoms with Gasteiger partial charge in [-0.15, -0.1) is 0 Å². The first-order valence-corrected chi connectivity index (χ1v) is 11.1. The van der Waals surface area contributed by atoms with Crippen LogP contribution < -0.4 is 0 Å². The van der Waals surface area contributed by atoms with Gasteiger partial charge in [0.1, 0.15) is 5.60 Å². The zero-order valence-electron chi connectivity index (χ0n) is 17.5. The quantitative estimate of drug-likeness (QED) is 0.599. The van der Waals surface area contributed by atoms with Gasteiger partial charge in [-0.1, -0.05) is 19.4 Å². The summed E-state index contributed by atoms with van der Waals surface area (Å²) in [5.41, 5.74) is -1.74. The number of hydrogen-bond donors (Lipinski definition) is 3. The summed E-state index contributed by atoms with van der Waals surface area (Å²) < 4.78 is 6.44. The van der Waals surface area contributed by atoms with E-state index in [1.807, 2.05) is 6.92 Å². The van der Waals surface area contributed by atoms with Crippen molar-refractivity contribution >= 4 is 17.7 Å². The number of carbonyl (C=O) groups is 3. The summed E-state index contributed by atoms with van der Waals surface area (Å²) in [5.74, 6) is -2.70. The number of aliphatic carboxylic acids is 2. The van der Waals surface area contributed by atoms with E-state index >= 15 is 0 Å². The maximum absolute atomic E-state index is 12.4. The zero-order valence-corrected chi connectivity index (χ0v) is 17.5. The highest BCUT2D eigenvalue weighted by Gasteiger charge is 2.82. The predicted octanol–water partition coefficient (Wildman–Crippen LogP) is 2.56. The average molecular weight is 418 g/mol. The van der Waals surface area contributed by atoms with Crippen molar-refractivity contribution in [3.05, 3.63) is 11.6 Å². The van der Waals surface area contributed by atoms with Crippen molar-refractivity contribution in [2.45, 2.75) is 82.5 Å². The van der Waals surface area contributed by atoms with Crippen LogP contribution in [0.25, 0.3) is 0 Å². The number of carboxylic acids is 2. The highest BCUT2D eigenvalue weighted by molar-refractivity contribution is 5.92. The van der Waals surface area contributed by atoms with Gasteiger partial charge in [0.2, 0.25) is 0 Å². The van der Waals surface area contributed by atoms with Crippen LogP contribution in [0.3, 0.4) is 0 Å². The van der Waals surface area contributed by atoms with E-state index in [1.54, 1.807) is 6.08 Å². The molecule has 7 heteroatoms. The molecule has 164 valence electrons. The van der Waals surface area contributed by atoms with Crippen molar-refractivity contribution < 1.29 is 34.4 Å². The number of epoxide rings is 1. The highest BCUT2D eigenvalue weighted by Crippen LogP contribution is 2.77. The minimum absolute atomic E-state index is 0.0489. The zero-order chi connectivity index (χ0) is 21.7. The van der Waals surface area contributed by atoms with Crippen molar-refractivity contribution in [1.29, 1.82) is 0 Å². The summed E-state index contributed by atoms with van der Waals surface area (Å²) in [7, 11) is 0. The molecule has 8 atom stereocenters. The predicted molar refractivity (Wildman–Crippen MR) is 105 cm³/mol. The Morgan fingerprint density at radius 1 is 1.23 bits per heavy atom. The van der Waals surface area contributed by atoms with Gasteiger partial charge in [0.25, 0.3) is 0 Å². The minimum Gasteiger partial charge on any atom is -0.481 e. The number of fused-ring (bicyclic) bond motifs is 3. The highest BCUT2D eigenvalue weighted by atomic mass is 16.6. The van der Waals surface area contributed by atoms with E-state index in [0.29, 0.717) is 38.5 Å². The average Bonchev–Trinajstić information content (AvgIpc) is 3.32. The van der Waals surface area contributed by atoms with Crippen LogP contribution in [0.5, 0.6) is 0 Å². The molecule has 1 unspecified atom stereocenters. The molecule has 1 saturated heterocycles. The lowest BCUT2D eigenvalue weighted by molar-refractivity contribution is -0.160. The lowest BCUT2D eigenvalue weighted by Crippen LogP contribution is -2.63. The number of carbonyl (C=O) groups excluding carboxylic acids is 1. The molecular weight excluding hydrogens is 388 g/mol. The summed E-state index contributed by atoms with van der Waals surface area (Å²) in [4.78, 5) is 35.7. The SMILES string of the molecule is C[C@]12CCC(=O)C=C1C[C@@H](C(=O)O)[C@H]1[C@@H]3CC[C@@](O)(CCC(=O)O)[C@@]3(C)C[C@H]3OC132. The number of ketones is 1. The number of rotatable bonds is 4. The standard InChI is InChI=1S/C23H30O7/c1-20-6-3-13(24)9-12(20)10-14(19(27)28)18-15-4-7-22(29,8-5-17(25)26)21(15,2)11-16-23(18,20)30-16/h9,14-16,18,29H,3-8,10-11H2,1-2H3,(H,25,26)(H,27,28)/t14-,15+,16-,18+,20+,21+,22-,23?/m1/s1. The summed E-state index contributed by atoms with van der Waals surface area (Å²) in [6.45, 7) is 4.14. The molecule has 30 heavy (non-hydrogen) atoms. The van der Waals surface area contributed by atoms with Crippen molar-refractivity contribution in [3.8, 4) is 0 Å². The van der Waals surface area contributed by atoms with Gasteiger partial charge in [-0.25, -0.2) is 0 Å². The lowest BCUT2D eigenvalue weighted by Gasteiger charge is -2.58. The van der Waals surface area contributed by atoms with Gasteiger partial charge in [-0.2, -0.15) is 0 Å². The van der Waals surface area contributed by atoms with Gasteiger partial charge in [-0.05, 0) is 50.5 Å². The van der Waals surface area contributed by atoms with Gasteiger partial charge in [0.05, 0.1) is 17.6 Å². The van der Waals surface area contributed by atoms with E-state index in [9.17, 15) is 24.6 Å². The van der Waals surface area contributed by atoms with E-state index in [2.05, 4.69) is 6.92 Å². The van der Waals surface area contributed by atoms with Gasteiger partial charge in [-0.3, -0.25) is 14.4 Å². The fraction of sp³-hybridized carbons (Fsp3) is 0.783. The fourth-order valence-corrected chi connectivity index (χ4v) is 8.08. The van der Waals surface area contributed by atoms with Gasteiger partial charge in [0.15, 0.2) is 5.78 Å². The maximum Gasteiger partial charge on any atom is 0.307 e. The molecular formula is C23H30O7. The monoisotopic (exact) mass is 418 g/mol. The first kappa shape index (κ1) is 20.2. The molecule has 4 aliphatic carbocycles. The molecule has 0 aromatic carbocycles. The Morgan fingerprint density at radius 2 is 1.97 bits per heavy atom. The number of aliphatic hydroxyl groups is 1. The molecule has 1 heterocycles. The summed E-state index contributed by atoms with van der Waals surface area (Å²) in [5, 5.41) is 30.9. The second-order valence-corrected chi connectivity index (χ2v) is 10.7. The molecule has 5 aliphatic rings. The Hall–Kier alpha value is -1.73. The fourth-order valence-electron chi connectivity index (χ4n) is 8.08. The third-order valence-electron chi connectivity index (χ3n) is 9.77. The molecule has 0 radical (unpaired) electrons. The Morgan fingerprint density at radius 3 is 2.63 bits per heavy atom. The van der Waals surface area contributed by atoms with Crippen LogP contribution in [-0.4, -0.2) is 50.3 Å². The van der Waals surface area contributed by atoms with E-state index in [0.717, 1.165) is 5.57 Å². The molecule has 0 bridgehead atoms. The van der Waals surface area contributed by atoms with Gasteiger partial charge in [0, 0.05) is 29.6 Å². The Kier molecular flexibility index (Phi) is 4.00.